The summed E-state index contributed by atoms with van der Waals surface area (Å²) in [6, 6.07) is 4.45. The van der Waals surface area contributed by atoms with E-state index in [1.807, 2.05) is 19.1 Å². The van der Waals surface area contributed by atoms with Crippen molar-refractivity contribution in [2.24, 2.45) is 11.8 Å². The van der Waals surface area contributed by atoms with Crippen molar-refractivity contribution in [2.45, 2.75) is 38.6 Å². The minimum atomic E-state index is 0.586. The molecule has 0 amide bonds. The molecule has 1 N–H and O–H groups in total. The van der Waals surface area contributed by atoms with Gasteiger partial charge in [0.25, 0.3) is 0 Å². The molecule has 2 fully saturated rings. The van der Waals surface area contributed by atoms with Crippen molar-refractivity contribution in [1.29, 1.82) is 0 Å². The lowest BCUT2D eigenvalue weighted by Gasteiger charge is -2.25. The first-order chi connectivity index (χ1) is 9.17. The van der Waals surface area contributed by atoms with Crippen molar-refractivity contribution in [3.05, 3.63) is 21.6 Å². The molecule has 19 heavy (non-hydrogen) atoms. The number of rotatable bonds is 4. The van der Waals surface area contributed by atoms with Crippen molar-refractivity contribution >= 4 is 33.2 Å². The van der Waals surface area contributed by atoms with Gasteiger partial charge in [0.1, 0.15) is 0 Å². The molecule has 2 bridgehead atoms. The SMILES string of the molecule is CCOc1c(Br)cc(Cl)cc1NC1CC2CCC1C2. The van der Waals surface area contributed by atoms with Crippen molar-refractivity contribution in [3.8, 4) is 5.75 Å². The van der Waals surface area contributed by atoms with E-state index in [0.717, 1.165) is 32.8 Å². The van der Waals surface area contributed by atoms with Crippen LogP contribution >= 0.6 is 27.5 Å². The van der Waals surface area contributed by atoms with Crippen LogP contribution < -0.4 is 10.1 Å². The predicted octanol–water partition coefficient (Wildman–Crippen LogP) is 5.10. The fourth-order valence-corrected chi connectivity index (χ4v) is 4.50. The zero-order chi connectivity index (χ0) is 13.4. The van der Waals surface area contributed by atoms with Crippen molar-refractivity contribution in [3.63, 3.8) is 0 Å². The smallest absolute Gasteiger partial charge is 0.156 e. The minimum absolute atomic E-state index is 0.586. The van der Waals surface area contributed by atoms with Crippen LogP contribution in [0.3, 0.4) is 0 Å². The summed E-state index contributed by atoms with van der Waals surface area (Å²) in [6.45, 7) is 2.66. The summed E-state index contributed by atoms with van der Waals surface area (Å²) < 4.78 is 6.67. The molecule has 2 saturated carbocycles. The quantitative estimate of drug-likeness (QED) is 0.820. The van der Waals surface area contributed by atoms with Crippen LogP contribution in [0.1, 0.15) is 32.6 Å². The maximum Gasteiger partial charge on any atom is 0.156 e. The van der Waals surface area contributed by atoms with Crippen LogP contribution in [0.5, 0.6) is 5.75 Å². The van der Waals surface area contributed by atoms with E-state index in [-0.39, 0.29) is 0 Å². The number of nitrogens with one attached hydrogen (secondary N) is 1. The molecule has 2 nitrogen and oxygen atoms in total. The van der Waals surface area contributed by atoms with Crippen molar-refractivity contribution < 1.29 is 4.74 Å². The van der Waals surface area contributed by atoms with Gasteiger partial charge in [-0.2, -0.15) is 0 Å². The Morgan fingerprint density at radius 1 is 1.37 bits per heavy atom. The molecule has 0 saturated heterocycles. The van der Waals surface area contributed by atoms with Gasteiger partial charge < -0.3 is 10.1 Å². The highest BCUT2D eigenvalue weighted by Crippen LogP contribution is 2.47. The molecule has 2 aliphatic rings. The third-order valence-electron chi connectivity index (χ3n) is 4.38. The van der Waals surface area contributed by atoms with Crippen molar-refractivity contribution in [2.75, 3.05) is 11.9 Å². The van der Waals surface area contributed by atoms with Crippen molar-refractivity contribution in [1.82, 2.24) is 0 Å². The molecule has 2 aliphatic carbocycles. The number of halogens is 2. The second-order valence-electron chi connectivity index (χ2n) is 5.62. The summed E-state index contributed by atoms with van der Waals surface area (Å²) in [6.07, 6.45) is 5.47. The number of ether oxygens (including phenoxy) is 1. The summed E-state index contributed by atoms with van der Waals surface area (Å²) in [5, 5.41) is 4.40. The molecule has 104 valence electrons. The Hall–Kier alpha value is -0.410. The third-order valence-corrected chi connectivity index (χ3v) is 5.18. The van der Waals surface area contributed by atoms with E-state index in [2.05, 4.69) is 21.2 Å². The second kappa shape index (κ2) is 5.53. The zero-order valence-corrected chi connectivity index (χ0v) is 13.4. The summed E-state index contributed by atoms with van der Waals surface area (Å²) in [5.74, 6) is 2.65. The topological polar surface area (TPSA) is 21.3 Å². The predicted molar refractivity (Wildman–Crippen MR) is 83.2 cm³/mol. The van der Waals surface area contributed by atoms with Crippen LogP contribution in [0.25, 0.3) is 0 Å². The molecular weight excluding hydrogens is 326 g/mol. The van der Waals surface area contributed by atoms with Crippen LogP contribution in [-0.4, -0.2) is 12.6 Å². The number of hydrogen-bond donors (Lipinski definition) is 1. The number of benzene rings is 1. The Morgan fingerprint density at radius 3 is 2.84 bits per heavy atom. The average Bonchev–Trinajstić information content (AvgIpc) is 2.95. The fourth-order valence-electron chi connectivity index (χ4n) is 3.58. The molecule has 0 aliphatic heterocycles. The van der Waals surface area contributed by atoms with E-state index in [4.69, 9.17) is 16.3 Å². The van der Waals surface area contributed by atoms with Gasteiger partial charge in [0.15, 0.2) is 5.75 Å². The highest BCUT2D eigenvalue weighted by molar-refractivity contribution is 9.10. The van der Waals surface area contributed by atoms with Crippen LogP contribution in [0.2, 0.25) is 5.02 Å². The van der Waals surface area contributed by atoms with Gasteiger partial charge in [-0.3, -0.25) is 0 Å². The van der Waals surface area contributed by atoms with E-state index < -0.39 is 0 Å². The first-order valence-corrected chi connectivity index (χ1v) is 8.23. The standard InChI is InChI=1S/C15H19BrClNO/c1-2-19-15-12(16)7-11(17)8-14(15)18-13-6-9-3-4-10(13)5-9/h7-10,13,18H,2-6H2,1H3. The lowest BCUT2D eigenvalue weighted by Crippen LogP contribution is -2.26. The van der Waals surface area contributed by atoms with Crippen LogP contribution in [-0.2, 0) is 0 Å². The largest absolute Gasteiger partial charge is 0.491 e. The minimum Gasteiger partial charge on any atom is -0.491 e. The molecule has 0 heterocycles. The van der Waals surface area contributed by atoms with E-state index >= 15 is 0 Å². The first kappa shape index (κ1) is 13.6. The highest BCUT2D eigenvalue weighted by Gasteiger charge is 2.39. The Bertz CT molecular complexity index is 479. The Balaban J connectivity index is 1.83. The normalized spacial score (nSPS) is 28.7. The van der Waals surface area contributed by atoms with Gasteiger partial charge in [0, 0.05) is 11.1 Å². The van der Waals surface area contributed by atoms with Gasteiger partial charge in [-0.15, -0.1) is 0 Å². The molecule has 3 unspecified atom stereocenters. The number of hydrogen-bond acceptors (Lipinski definition) is 2. The zero-order valence-electron chi connectivity index (χ0n) is 11.1. The third kappa shape index (κ3) is 2.73. The first-order valence-electron chi connectivity index (χ1n) is 7.05. The summed E-state index contributed by atoms with van der Waals surface area (Å²) in [7, 11) is 0. The molecule has 1 aromatic rings. The van der Waals surface area contributed by atoms with Gasteiger partial charge >= 0.3 is 0 Å². The summed E-state index contributed by atoms with van der Waals surface area (Å²) in [4.78, 5) is 0. The molecule has 3 atom stereocenters. The van der Waals surface area contributed by atoms with Gasteiger partial charge in [-0.1, -0.05) is 18.0 Å². The van der Waals surface area contributed by atoms with E-state index in [1.54, 1.807) is 0 Å². The fraction of sp³-hybridized carbons (Fsp3) is 0.600. The van der Waals surface area contributed by atoms with Crippen LogP contribution in [0.4, 0.5) is 5.69 Å². The molecule has 4 heteroatoms. The molecule has 0 radical (unpaired) electrons. The van der Waals surface area contributed by atoms with Gasteiger partial charge in [0.05, 0.1) is 16.8 Å². The summed E-state index contributed by atoms with van der Waals surface area (Å²) in [5.41, 5.74) is 1.03. The number of anilines is 1. The van der Waals surface area contributed by atoms with E-state index in [9.17, 15) is 0 Å². The second-order valence-corrected chi connectivity index (χ2v) is 6.91. The van der Waals surface area contributed by atoms with Gasteiger partial charge in [-0.05, 0) is 66.1 Å². The molecule has 1 aromatic carbocycles. The molecule has 0 aromatic heterocycles. The van der Waals surface area contributed by atoms with E-state index in [0.29, 0.717) is 12.6 Å². The molecule has 3 rings (SSSR count). The Kier molecular flexibility index (Phi) is 3.95. The molecular formula is C15H19BrClNO. The van der Waals surface area contributed by atoms with Crippen LogP contribution in [0, 0.1) is 11.8 Å². The lowest BCUT2D eigenvalue weighted by atomic mass is 9.95. The lowest BCUT2D eigenvalue weighted by molar-refractivity contribution is 0.338. The highest BCUT2D eigenvalue weighted by atomic mass is 79.9. The van der Waals surface area contributed by atoms with Crippen LogP contribution in [0.15, 0.2) is 16.6 Å². The maximum atomic E-state index is 6.16. The van der Waals surface area contributed by atoms with Gasteiger partial charge in [0.2, 0.25) is 0 Å². The Labute approximate surface area is 128 Å². The average molecular weight is 345 g/mol. The monoisotopic (exact) mass is 343 g/mol. The maximum absolute atomic E-state index is 6.16. The summed E-state index contributed by atoms with van der Waals surface area (Å²) >= 11 is 9.70. The Morgan fingerprint density at radius 2 is 2.21 bits per heavy atom. The van der Waals surface area contributed by atoms with E-state index in [1.165, 1.54) is 25.7 Å². The number of fused-ring (bicyclic) bond motifs is 2. The molecule has 0 spiro atoms. The van der Waals surface area contributed by atoms with Gasteiger partial charge in [-0.25, -0.2) is 0 Å².